The maximum Gasteiger partial charge on any atom is 0.144 e. The zero-order chi connectivity index (χ0) is 18.3. The molecule has 2 aromatic carbocycles. The molecule has 0 unspecified atom stereocenters. The summed E-state index contributed by atoms with van der Waals surface area (Å²) < 4.78 is 11.0. The summed E-state index contributed by atoms with van der Waals surface area (Å²) in [6.45, 7) is 8.47. The van der Waals surface area contributed by atoms with Crippen molar-refractivity contribution in [2.24, 2.45) is 9.98 Å². The fourth-order valence-corrected chi connectivity index (χ4v) is 3.45. The van der Waals surface area contributed by atoms with Crippen molar-refractivity contribution < 1.29 is 9.47 Å². The summed E-state index contributed by atoms with van der Waals surface area (Å²) in [5.74, 6) is 1.51. The summed E-state index contributed by atoms with van der Waals surface area (Å²) in [5, 5.41) is 0. The second kappa shape index (κ2) is 6.30. The van der Waals surface area contributed by atoms with Gasteiger partial charge in [0.05, 0.1) is 25.6 Å². The SMILES string of the molecule is C=C1Cc2cccc(OC)c2N=C1C1=Nc2c(cccc2OC)CC1=C. The average molecular weight is 344 g/mol. The number of hydrogen-bond acceptors (Lipinski definition) is 4. The Morgan fingerprint density at radius 2 is 1.15 bits per heavy atom. The largest absolute Gasteiger partial charge is 0.494 e. The van der Waals surface area contributed by atoms with Gasteiger partial charge in [0.1, 0.15) is 22.9 Å². The van der Waals surface area contributed by atoms with E-state index in [1.54, 1.807) is 14.2 Å². The molecule has 0 bridgehead atoms. The highest BCUT2D eigenvalue weighted by molar-refractivity contribution is 6.54. The number of hydrogen-bond donors (Lipinski definition) is 0. The van der Waals surface area contributed by atoms with Crippen LogP contribution in [0.4, 0.5) is 11.4 Å². The summed E-state index contributed by atoms with van der Waals surface area (Å²) >= 11 is 0. The number of benzene rings is 2. The van der Waals surface area contributed by atoms with Gasteiger partial charge in [0, 0.05) is 12.8 Å². The van der Waals surface area contributed by atoms with Gasteiger partial charge < -0.3 is 9.47 Å². The first-order valence-electron chi connectivity index (χ1n) is 8.48. The number of para-hydroxylation sites is 2. The molecule has 0 fully saturated rings. The molecule has 0 spiro atoms. The molecule has 0 saturated carbocycles. The molecule has 4 nitrogen and oxygen atoms in total. The van der Waals surface area contributed by atoms with Crippen molar-refractivity contribution in [3.63, 3.8) is 0 Å². The predicted octanol–water partition coefficient (Wildman–Crippen LogP) is 4.77. The molecule has 0 N–H and O–H groups in total. The number of allylic oxidation sites excluding steroid dienone is 2. The molecule has 0 radical (unpaired) electrons. The highest BCUT2D eigenvalue weighted by Crippen LogP contribution is 2.40. The molecule has 4 rings (SSSR count). The Hall–Kier alpha value is -3.14. The topological polar surface area (TPSA) is 43.2 Å². The molecule has 2 aromatic rings. The van der Waals surface area contributed by atoms with Gasteiger partial charge in [-0.25, -0.2) is 9.98 Å². The number of ether oxygens (including phenoxy) is 2. The Balaban J connectivity index is 1.88. The van der Waals surface area contributed by atoms with Crippen LogP contribution in [-0.4, -0.2) is 25.6 Å². The molecule has 4 heteroatoms. The fraction of sp³-hybridized carbons (Fsp3) is 0.182. The molecular weight excluding hydrogens is 324 g/mol. The molecule has 0 amide bonds. The highest BCUT2D eigenvalue weighted by atomic mass is 16.5. The van der Waals surface area contributed by atoms with Gasteiger partial charge in [-0.1, -0.05) is 37.4 Å². The van der Waals surface area contributed by atoms with E-state index >= 15 is 0 Å². The van der Waals surface area contributed by atoms with Crippen molar-refractivity contribution >= 4 is 22.8 Å². The zero-order valence-electron chi connectivity index (χ0n) is 15.0. The highest BCUT2D eigenvalue weighted by Gasteiger charge is 2.27. The van der Waals surface area contributed by atoms with E-state index in [1.165, 1.54) is 0 Å². The van der Waals surface area contributed by atoms with Crippen molar-refractivity contribution in [2.75, 3.05) is 14.2 Å². The Labute approximate surface area is 153 Å². The van der Waals surface area contributed by atoms with Gasteiger partial charge in [-0.3, -0.25) is 0 Å². The van der Waals surface area contributed by atoms with Gasteiger partial charge in [0.15, 0.2) is 0 Å². The molecule has 130 valence electrons. The monoisotopic (exact) mass is 344 g/mol. The standard InChI is InChI=1S/C22H20N2O2/c1-13-11-15-7-5-9-17(25-3)21(15)23-19(13)20-14(2)12-16-8-6-10-18(26-4)22(16)24-20/h5-10H,1-2,11-12H2,3-4H3. The lowest BCUT2D eigenvalue weighted by Gasteiger charge is -2.25. The van der Waals surface area contributed by atoms with Crippen molar-refractivity contribution in [1.82, 2.24) is 0 Å². The van der Waals surface area contributed by atoms with Crippen LogP contribution >= 0.6 is 0 Å². The summed E-state index contributed by atoms with van der Waals surface area (Å²) in [7, 11) is 3.32. The molecule has 0 saturated heterocycles. The second-order valence-corrected chi connectivity index (χ2v) is 6.42. The second-order valence-electron chi connectivity index (χ2n) is 6.42. The van der Waals surface area contributed by atoms with Crippen LogP contribution in [0, 0.1) is 0 Å². The zero-order valence-corrected chi connectivity index (χ0v) is 15.0. The third kappa shape index (κ3) is 2.54. The Morgan fingerprint density at radius 3 is 1.54 bits per heavy atom. The lowest BCUT2D eigenvalue weighted by Crippen LogP contribution is -2.24. The van der Waals surface area contributed by atoms with E-state index in [9.17, 15) is 0 Å². The molecule has 0 aromatic heterocycles. The van der Waals surface area contributed by atoms with Crippen molar-refractivity contribution in [1.29, 1.82) is 0 Å². The lowest BCUT2D eigenvalue weighted by molar-refractivity contribution is 0.415. The average Bonchev–Trinajstić information content (AvgIpc) is 2.66. The maximum atomic E-state index is 5.48. The van der Waals surface area contributed by atoms with Crippen molar-refractivity contribution in [2.45, 2.75) is 12.8 Å². The van der Waals surface area contributed by atoms with Gasteiger partial charge in [0.2, 0.25) is 0 Å². The number of aliphatic imine (C=N–C) groups is 2. The van der Waals surface area contributed by atoms with E-state index in [1.807, 2.05) is 24.3 Å². The summed E-state index contributed by atoms with van der Waals surface area (Å²) in [5.41, 5.74) is 7.34. The van der Waals surface area contributed by atoms with Crippen LogP contribution in [0.2, 0.25) is 0 Å². The first-order chi connectivity index (χ1) is 12.6. The molecule has 26 heavy (non-hydrogen) atoms. The Morgan fingerprint density at radius 1 is 0.731 bits per heavy atom. The van der Waals surface area contributed by atoms with Crippen LogP contribution in [0.15, 0.2) is 70.7 Å². The minimum atomic E-state index is 0.719. The Kier molecular flexibility index (Phi) is 3.96. The number of rotatable bonds is 3. The number of nitrogens with zero attached hydrogens (tertiary/aromatic N) is 2. The van der Waals surface area contributed by atoms with E-state index in [0.29, 0.717) is 0 Å². The van der Waals surface area contributed by atoms with Crippen LogP contribution in [0.3, 0.4) is 0 Å². The van der Waals surface area contributed by atoms with E-state index in [-0.39, 0.29) is 0 Å². The first kappa shape index (κ1) is 16.3. The van der Waals surface area contributed by atoms with Crippen LogP contribution < -0.4 is 9.47 Å². The third-order valence-corrected chi connectivity index (χ3v) is 4.75. The van der Waals surface area contributed by atoms with Gasteiger partial charge in [0.25, 0.3) is 0 Å². The van der Waals surface area contributed by atoms with E-state index in [2.05, 4.69) is 25.3 Å². The van der Waals surface area contributed by atoms with E-state index in [0.717, 1.165) is 69.4 Å². The molecule has 2 heterocycles. The summed E-state index contributed by atoms with van der Waals surface area (Å²) in [6.07, 6.45) is 1.44. The van der Waals surface area contributed by atoms with Crippen LogP contribution in [-0.2, 0) is 12.8 Å². The minimum absolute atomic E-state index is 0.719. The smallest absolute Gasteiger partial charge is 0.144 e. The van der Waals surface area contributed by atoms with Gasteiger partial charge >= 0.3 is 0 Å². The van der Waals surface area contributed by atoms with Crippen LogP contribution in [0.25, 0.3) is 0 Å². The molecule has 2 aliphatic rings. The number of fused-ring (bicyclic) bond motifs is 2. The first-order valence-corrected chi connectivity index (χ1v) is 8.48. The molecular formula is C22H20N2O2. The van der Waals surface area contributed by atoms with Crippen LogP contribution in [0.5, 0.6) is 11.5 Å². The molecule has 0 atom stereocenters. The fourth-order valence-electron chi connectivity index (χ4n) is 3.45. The van der Waals surface area contributed by atoms with Crippen molar-refractivity contribution in [3.05, 3.63) is 71.8 Å². The Bertz CT molecular complexity index is 918. The van der Waals surface area contributed by atoms with Crippen LogP contribution in [0.1, 0.15) is 11.1 Å². The third-order valence-electron chi connectivity index (χ3n) is 4.75. The summed E-state index contributed by atoms with van der Waals surface area (Å²) in [4.78, 5) is 9.72. The van der Waals surface area contributed by atoms with Gasteiger partial charge in [-0.2, -0.15) is 0 Å². The lowest BCUT2D eigenvalue weighted by atomic mass is 9.88. The number of methoxy groups -OCH3 is 2. The van der Waals surface area contributed by atoms with Crippen molar-refractivity contribution in [3.8, 4) is 11.5 Å². The minimum Gasteiger partial charge on any atom is -0.494 e. The quantitative estimate of drug-likeness (QED) is 0.805. The predicted molar refractivity (Wildman–Crippen MR) is 106 cm³/mol. The normalized spacial score (nSPS) is 15.6. The van der Waals surface area contributed by atoms with E-state index in [4.69, 9.17) is 19.5 Å². The van der Waals surface area contributed by atoms with E-state index < -0.39 is 0 Å². The molecule has 0 aliphatic carbocycles. The summed E-state index contributed by atoms with van der Waals surface area (Å²) in [6, 6.07) is 11.9. The maximum absolute atomic E-state index is 5.48. The molecule has 2 aliphatic heterocycles. The van der Waals surface area contributed by atoms with Gasteiger partial charge in [-0.05, 0) is 34.4 Å². The van der Waals surface area contributed by atoms with Gasteiger partial charge in [-0.15, -0.1) is 0 Å².